The van der Waals surface area contributed by atoms with E-state index in [9.17, 15) is 14.7 Å². The van der Waals surface area contributed by atoms with E-state index < -0.39 is 5.97 Å². The molecule has 0 spiro atoms. The minimum Gasteiger partial charge on any atom is -0.478 e. The van der Waals surface area contributed by atoms with Gasteiger partial charge in [0.1, 0.15) is 0 Å². The second-order valence-electron chi connectivity index (χ2n) is 7.47. The highest BCUT2D eigenvalue weighted by Gasteiger charge is 2.29. The van der Waals surface area contributed by atoms with Crippen LogP contribution in [0.25, 0.3) is 0 Å². The second-order valence-corrected chi connectivity index (χ2v) is 7.47. The first kappa shape index (κ1) is 18.9. The van der Waals surface area contributed by atoms with Crippen LogP contribution >= 0.6 is 0 Å². The number of carboxylic acid groups (broad SMARTS) is 1. The van der Waals surface area contributed by atoms with Crippen molar-refractivity contribution in [1.29, 1.82) is 0 Å². The molecule has 2 saturated heterocycles. The Morgan fingerprint density at radius 2 is 1.92 bits per heavy atom. The lowest BCUT2D eigenvalue weighted by atomic mass is 9.93. The monoisotopic (exact) mass is 359 g/mol. The van der Waals surface area contributed by atoms with Crippen LogP contribution in [0, 0.1) is 0 Å². The summed E-state index contributed by atoms with van der Waals surface area (Å²) in [5.41, 5.74) is 1.21. The van der Waals surface area contributed by atoms with Gasteiger partial charge in [-0.1, -0.05) is 18.2 Å². The van der Waals surface area contributed by atoms with Gasteiger partial charge in [0.05, 0.1) is 5.56 Å². The topological polar surface area (TPSA) is 64.1 Å². The van der Waals surface area contributed by atoms with Crippen LogP contribution in [0.4, 0.5) is 0 Å². The van der Waals surface area contributed by atoms with Gasteiger partial charge in [0.25, 0.3) is 0 Å². The summed E-state index contributed by atoms with van der Waals surface area (Å²) in [6.45, 7) is 6.45. The highest BCUT2D eigenvalue weighted by molar-refractivity contribution is 5.89. The number of benzene rings is 1. The third-order valence-corrected chi connectivity index (χ3v) is 5.63. The SMILES string of the molecule is CN1CCCN(CCC(=O)N2CC[C@@H](c3ccccc3C(=O)O)C2)CC1. The van der Waals surface area contributed by atoms with Crippen molar-refractivity contribution in [3.8, 4) is 0 Å². The predicted octanol–water partition coefficient (Wildman–Crippen LogP) is 1.73. The van der Waals surface area contributed by atoms with E-state index in [-0.39, 0.29) is 11.8 Å². The Kier molecular flexibility index (Phi) is 6.27. The van der Waals surface area contributed by atoms with E-state index in [2.05, 4.69) is 16.8 Å². The summed E-state index contributed by atoms with van der Waals surface area (Å²) in [5, 5.41) is 9.38. The average Bonchev–Trinajstić information content (AvgIpc) is 3.04. The molecule has 26 heavy (non-hydrogen) atoms. The van der Waals surface area contributed by atoms with Crippen LogP contribution in [0.2, 0.25) is 0 Å². The fraction of sp³-hybridized carbons (Fsp3) is 0.600. The summed E-state index contributed by atoms with van der Waals surface area (Å²) < 4.78 is 0. The minimum absolute atomic E-state index is 0.123. The second kappa shape index (κ2) is 8.64. The molecule has 0 aromatic heterocycles. The molecule has 1 amide bonds. The average molecular weight is 359 g/mol. The van der Waals surface area contributed by atoms with Crippen LogP contribution in [0.5, 0.6) is 0 Å². The maximum atomic E-state index is 12.6. The number of nitrogens with zero attached hydrogens (tertiary/aromatic N) is 3. The Bertz CT molecular complexity index is 649. The first-order valence-corrected chi connectivity index (χ1v) is 9.55. The molecule has 6 heteroatoms. The van der Waals surface area contributed by atoms with Gasteiger partial charge in [-0.2, -0.15) is 0 Å². The van der Waals surface area contributed by atoms with Gasteiger partial charge in [-0.25, -0.2) is 4.79 Å². The molecule has 142 valence electrons. The molecule has 0 radical (unpaired) electrons. The van der Waals surface area contributed by atoms with Gasteiger partial charge in [0, 0.05) is 45.1 Å². The number of rotatable bonds is 5. The van der Waals surface area contributed by atoms with E-state index in [1.54, 1.807) is 12.1 Å². The zero-order chi connectivity index (χ0) is 18.5. The van der Waals surface area contributed by atoms with E-state index in [1.165, 1.54) is 0 Å². The van der Waals surface area contributed by atoms with Crippen molar-refractivity contribution in [2.24, 2.45) is 0 Å². The molecule has 1 aromatic rings. The van der Waals surface area contributed by atoms with Crippen molar-refractivity contribution in [1.82, 2.24) is 14.7 Å². The summed E-state index contributed by atoms with van der Waals surface area (Å²) in [5.74, 6) is -0.576. The molecule has 2 aliphatic heterocycles. The Hall–Kier alpha value is -1.92. The summed E-state index contributed by atoms with van der Waals surface area (Å²) in [4.78, 5) is 30.7. The lowest BCUT2D eigenvalue weighted by molar-refractivity contribution is -0.130. The number of aromatic carboxylic acids is 1. The molecule has 1 atom stereocenters. The smallest absolute Gasteiger partial charge is 0.335 e. The first-order chi connectivity index (χ1) is 12.5. The number of amides is 1. The van der Waals surface area contributed by atoms with Crippen LogP contribution in [-0.2, 0) is 4.79 Å². The summed E-state index contributed by atoms with van der Waals surface area (Å²) >= 11 is 0. The summed E-state index contributed by atoms with van der Waals surface area (Å²) in [6.07, 6.45) is 2.55. The fourth-order valence-electron chi connectivity index (χ4n) is 4.02. The molecule has 0 unspecified atom stereocenters. The van der Waals surface area contributed by atoms with Crippen molar-refractivity contribution in [3.05, 3.63) is 35.4 Å². The lowest BCUT2D eigenvalue weighted by Crippen LogP contribution is -2.35. The van der Waals surface area contributed by atoms with E-state index in [1.807, 2.05) is 17.0 Å². The minimum atomic E-state index is -0.892. The molecule has 1 N–H and O–H groups in total. The molecule has 0 bridgehead atoms. The van der Waals surface area contributed by atoms with Crippen LogP contribution in [0.3, 0.4) is 0 Å². The highest BCUT2D eigenvalue weighted by Crippen LogP contribution is 2.30. The zero-order valence-corrected chi connectivity index (χ0v) is 15.6. The lowest BCUT2D eigenvalue weighted by Gasteiger charge is -2.22. The van der Waals surface area contributed by atoms with Crippen LogP contribution < -0.4 is 0 Å². The zero-order valence-electron chi connectivity index (χ0n) is 15.6. The molecule has 0 aliphatic carbocycles. The van der Waals surface area contributed by atoms with Crippen LogP contribution in [0.1, 0.15) is 41.1 Å². The third-order valence-electron chi connectivity index (χ3n) is 5.63. The van der Waals surface area contributed by atoms with Gasteiger partial charge < -0.3 is 19.8 Å². The van der Waals surface area contributed by atoms with E-state index in [0.717, 1.165) is 57.7 Å². The number of carbonyl (C=O) groups excluding carboxylic acids is 1. The summed E-state index contributed by atoms with van der Waals surface area (Å²) in [7, 11) is 2.15. The largest absolute Gasteiger partial charge is 0.478 e. The molecule has 1 aromatic carbocycles. The third kappa shape index (κ3) is 4.62. The first-order valence-electron chi connectivity index (χ1n) is 9.55. The van der Waals surface area contributed by atoms with Gasteiger partial charge in [-0.05, 0) is 44.6 Å². The van der Waals surface area contributed by atoms with Crippen molar-refractivity contribution in [3.63, 3.8) is 0 Å². The molecule has 2 heterocycles. The van der Waals surface area contributed by atoms with Crippen LogP contribution in [-0.4, -0.2) is 84.5 Å². The van der Waals surface area contributed by atoms with E-state index >= 15 is 0 Å². The van der Waals surface area contributed by atoms with Crippen molar-refractivity contribution >= 4 is 11.9 Å². The molecular formula is C20H29N3O3. The fourth-order valence-corrected chi connectivity index (χ4v) is 4.02. The van der Waals surface area contributed by atoms with Crippen molar-refractivity contribution in [2.45, 2.75) is 25.2 Å². The van der Waals surface area contributed by atoms with Gasteiger partial charge in [-0.3, -0.25) is 4.79 Å². The van der Waals surface area contributed by atoms with Crippen LogP contribution in [0.15, 0.2) is 24.3 Å². The number of carbonyl (C=O) groups is 2. The maximum absolute atomic E-state index is 12.6. The van der Waals surface area contributed by atoms with Gasteiger partial charge in [0.15, 0.2) is 0 Å². The molecule has 2 fully saturated rings. The molecule has 0 saturated carbocycles. The standard InChI is InChI=1S/C20H29N3O3/c1-21-9-4-10-22(14-13-21)11-8-19(24)23-12-7-16(15-23)17-5-2-3-6-18(17)20(25)26/h2-3,5-6,16H,4,7-15H2,1H3,(H,25,26)/t16-/m1/s1. The number of likely N-dealkylation sites (N-methyl/N-ethyl adjacent to an activating group) is 1. The summed E-state index contributed by atoms with van der Waals surface area (Å²) in [6, 6.07) is 7.17. The quantitative estimate of drug-likeness (QED) is 0.867. The Labute approximate surface area is 155 Å². The number of likely N-dealkylation sites (tertiary alicyclic amines) is 1. The molecule has 2 aliphatic rings. The van der Waals surface area contributed by atoms with E-state index in [0.29, 0.717) is 18.5 Å². The maximum Gasteiger partial charge on any atom is 0.335 e. The molecule has 3 rings (SSSR count). The van der Waals surface area contributed by atoms with Gasteiger partial charge in [-0.15, -0.1) is 0 Å². The number of hydrogen-bond donors (Lipinski definition) is 1. The Morgan fingerprint density at radius 3 is 2.73 bits per heavy atom. The van der Waals surface area contributed by atoms with Gasteiger partial charge >= 0.3 is 5.97 Å². The highest BCUT2D eigenvalue weighted by atomic mass is 16.4. The number of carboxylic acids is 1. The normalized spacial score (nSPS) is 22.3. The van der Waals surface area contributed by atoms with Gasteiger partial charge in [0.2, 0.25) is 5.91 Å². The Balaban J connectivity index is 1.52. The number of hydrogen-bond acceptors (Lipinski definition) is 4. The molecule has 6 nitrogen and oxygen atoms in total. The van der Waals surface area contributed by atoms with Crippen molar-refractivity contribution < 1.29 is 14.7 Å². The predicted molar refractivity (Wildman–Crippen MR) is 101 cm³/mol. The Morgan fingerprint density at radius 1 is 1.12 bits per heavy atom. The van der Waals surface area contributed by atoms with Crippen molar-refractivity contribution in [2.75, 3.05) is 52.9 Å². The van der Waals surface area contributed by atoms with E-state index in [4.69, 9.17) is 0 Å². The molecular weight excluding hydrogens is 330 g/mol.